The molecule has 2 heterocycles. The number of rotatable bonds is 14. The van der Waals surface area contributed by atoms with Gasteiger partial charge in [-0.15, -0.1) is 0 Å². The number of nitrogens with one attached hydrogen (secondary N) is 1. The number of amides is 1. The fraction of sp³-hybridized carbons (Fsp3) is 0.182. The Morgan fingerprint density at radius 1 is 0.941 bits per heavy atom. The standard InChI is InChI=1S/C33H28Cl2FN5O8S2/c1-46-22-6-4-20(28(14-22)47-2)17-41(33-39-18-40-50-33)51(44,45)30-15-24(35)29(16-25(30)36)49-27-7-5-21(34)13-23(27)19-8-10-37-26(12-19)32(43)38-11-9-31(42)48-3/h4-8,10,12-16,18H,9,11,17H2,1-3H3,(H,38,43). The first-order valence-electron chi connectivity index (χ1n) is 14.7. The zero-order valence-electron chi connectivity index (χ0n) is 27.1. The van der Waals surface area contributed by atoms with Gasteiger partial charge in [-0.25, -0.2) is 22.1 Å². The number of pyridine rings is 1. The van der Waals surface area contributed by atoms with Crippen LogP contribution in [-0.4, -0.2) is 62.5 Å². The summed E-state index contributed by atoms with van der Waals surface area (Å²) in [6.07, 6.45) is 2.55. The van der Waals surface area contributed by atoms with Crippen LogP contribution >= 0.6 is 34.7 Å². The molecule has 3 aromatic carbocycles. The number of anilines is 1. The molecule has 0 atom stereocenters. The average molecular weight is 777 g/mol. The van der Waals surface area contributed by atoms with Crippen molar-refractivity contribution >= 4 is 61.8 Å². The Labute approximate surface area is 306 Å². The lowest BCUT2D eigenvalue weighted by Gasteiger charge is -2.23. The number of hydrogen-bond acceptors (Lipinski definition) is 12. The van der Waals surface area contributed by atoms with E-state index in [2.05, 4.69) is 24.4 Å². The normalized spacial score (nSPS) is 11.1. The highest BCUT2D eigenvalue weighted by atomic mass is 35.5. The summed E-state index contributed by atoms with van der Waals surface area (Å²) in [6, 6.07) is 14.3. The number of benzene rings is 3. The topological polar surface area (TPSA) is 159 Å². The zero-order valence-corrected chi connectivity index (χ0v) is 30.2. The third-order valence-corrected chi connectivity index (χ3v) is 10.3. The Morgan fingerprint density at radius 3 is 2.45 bits per heavy atom. The summed E-state index contributed by atoms with van der Waals surface area (Å²) in [5, 5.41) is 2.66. The number of halogens is 3. The van der Waals surface area contributed by atoms with Gasteiger partial charge in [-0.1, -0.05) is 23.2 Å². The van der Waals surface area contributed by atoms with Crippen molar-refractivity contribution in [1.29, 1.82) is 0 Å². The third-order valence-electron chi connectivity index (χ3n) is 7.23. The van der Waals surface area contributed by atoms with E-state index in [4.69, 9.17) is 37.4 Å². The highest BCUT2D eigenvalue weighted by Gasteiger charge is 2.32. The van der Waals surface area contributed by atoms with Crippen molar-refractivity contribution < 1.29 is 41.3 Å². The van der Waals surface area contributed by atoms with Crippen molar-refractivity contribution in [3.8, 4) is 34.1 Å². The first-order chi connectivity index (χ1) is 24.4. The molecule has 18 heteroatoms. The van der Waals surface area contributed by atoms with Crippen LogP contribution < -0.4 is 23.8 Å². The molecule has 51 heavy (non-hydrogen) atoms. The number of hydrogen-bond donors (Lipinski definition) is 1. The van der Waals surface area contributed by atoms with Crippen LogP contribution in [0.4, 0.5) is 9.52 Å². The lowest BCUT2D eigenvalue weighted by Crippen LogP contribution is -2.31. The van der Waals surface area contributed by atoms with Crippen LogP contribution in [0.1, 0.15) is 22.5 Å². The molecule has 0 fully saturated rings. The SMILES string of the molecule is COC(=O)CCNC(=O)c1cc(-c2cc(Cl)ccc2Oc2cc(F)c(S(=O)(=O)N(Cc3ccc(OC)cc3OC)c3ncns3)cc2Cl)ccn1. The molecule has 0 aliphatic heterocycles. The molecule has 1 N–H and O–H groups in total. The van der Waals surface area contributed by atoms with Gasteiger partial charge in [-0.05, 0) is 54.1 Å². The molecule has 0 unspecified atom stereocenters. The van der Waals surface area contributed by atoms with Crippen LogP contribution in [0.3, 0.4) is 0 Å². The van der Waals surface area contributed by atoms with E-state index < -0.39 is 32.6 Å². The summed E-state index contributed by atoms with van der Waals surface area (Å²) < 4.78 is 70.1. The second-order valence-corrected chi connectivity index (χ2v) is 13.8. The van der Waals surface area contributed by atoms with Gasteiger partial charge >= 0.3 is 5.97 Å². The minimum atomic E-state index is -4.64. The molecular formula is C33H28Cl2FN5O8S2. The summed E-state index contributed by atoms with van der Waals surface area (Å²) in [6.45, 7) is -0.252. The van der Waals surface area contributed by atoms with Crippen molar-refractivity contribution in [2.45, 2.75) is 17.9 Å². The number of carbonyl (C=O) groups is 2. The summed E-state index contributed by atoms with van der Waals surface area (Å²) in [5.74, 6) is -1.41. The molecule has 5 aromatic rings. The monoisotopic (exact) mass is 775 g/mol. The Kier molecular flexibility index (Phi) is 11.9. The lowest BCUT2D eigenvalue weighted by molar-refractivity contribution is -0.140. The fourth-order valence-electron chi connectivity index (χ4n) is 4.70. The Bertz CT molecular complexity index is 2170. The predicted molar refractivity (Wildman–Crippen MR) is 188 cm³/mol. The van der Waals surface area contributed by atoms with E-state index in [0.717, 1.165) is 28.0 Å². The predicted octanol–water partition coefficient (Wildman–Crippen LogP) is 6.54. The van der Waals surface area contributed by atoms with E-state index in [9.17, 15) is 18.0 Å². The van der Waals surface area contributed by atoms with Gasteiger partial charge in [-0.3, -0.25) is 14.6 Å². The molecule has 1 amide bonds. The number of carbonyl (C=O) groups excluding carboxylic acids is 2. The zero-order chi connectivity index (χ0) is 36.7. The number of nitrogens with zero attached hydrogens (tertiary/aromatic N) is 4. The number of esters is 1. The average Bonchev–Trinajstić information content (AvgIpc) is 3.67. The fourth-order valence-corrected chi connectivity index (χ4v) is 7.35. The van der Waals surface area contributed by atoms with E-state index in [-0.39, 0.29) is 46.9 Å². The van der Waals surface area contributed by atoms with Crippen molar-refractivity contribution in [1.82, 2.24) is 19.7 Å². The maximum absolute atomic E-state index is 15.9. The van der Waals surface area contributed by atoms with Crippen LogP contribution in [0, 0.1) is 5.82 Å². The summed E-state index contributed by atoms with van der Waals surface area (Å²) >= 11 is 13.6. The van der Waals surface area contributed by atoms with E-state index in [1.165, 1.54) is 52.1 Å². The minimum Gasteiger partial charge on any atom is -0.497 e. The molecule has 13 nitrogen and oxygen atoms in total. The first-order valence-corrected chi connectivity index (χ1v) is 17.7. The van der Waals surface area contributed by atoms with Crippen LogP contribution in [0.2, 0.25) is 10.0 Å². The minimum absolute atomic E-state index is 0.0246. The molecule has 0 spiro atoms. The molecule has 0 aliphatic carbocycles. The van der Waals surface area contributed by atoms with Gasteiger partial charge < -0.3 is 24.3 Å². The van der Waals surface area contributed by atoms with E-state index in [1.54, 1.807) is 30.3 Å². The van der Waals surface area contributed by atoms with Crippen LogP contribution in [0.5, 0.6) is 23.0 Å². The van der Waals surface area contributed by atoms with Crippen LogP contribution in [0.15, 0.2) is 78.1 Å². The molecule has 266 valence electrons. The molecule has 2 aromatic heterocycles. The Hall–Kier alpha value is -5.03. The smallest absolute Gasteiger partial charge is 0.307 e. The summed E-state index contributed by atoms with van der Waals surface area (Å²) in [4.78, 5) is 31.5. The van der Waals surface area contributed by atoms with E-state index in [1.807, 2.05) is 0 Å². The molecule has 5 rings (SSSR count). The van der Waals surface area contributed by atoms with Gasteiger partial charge in [0.05, 0.1) is 39.3 Å². The Balaban J connectivity index is 1.45. The number of sulfonamides is 1. The van der Waals surface area contributed by atoms with Crippen molar-refractivity contribution in [2.75, 3.05) is 32.2 Å². The summed E-state index contributed by atoms with van der Waals surface area (Å²) in [5.41, 5.74) is 1.32. The molecule has 0 saturated carbocycles. The summed E-state index contributed by atoms with van der Waals surface area (Å²) in [7, 11) is -0.487. The third kappa shape index (κ3) is 8.65. The van der Waals surface area contributed by atoms with Crippen LogP contribution in [0.25, 0.3) is 11.1 Å². The van der Waals surface area contributed by atoms with Crippen molar-refractivity contribution in [3.63, 3.8) is 0 Å². The highest BCUT2D eigenvalue weighted by molar-refractivity contribution is 7.93. The van der Waals surface area contributed by atoms with Crippen LogP contribution in [-0.2, 0) is 26.1 Å². The maximum atomic E-state index is 15.9. The quantitative estimate of drug-likeness (QED) is 0.122. The number of ether oxygens (including phenoxy) is 4. The van der Waals surface area contributed by atoms with E-state index >= 15 is 4.39 Å². The molecular weight excluding hydrogens is 748 g/mol. The Morgan fingerprint density at radius 2 is 1.75 bits per heavy atom. The lowest BCUT2D eigenvalue weighted by atomic mass is 10.0. The molecule has 0 radical (unpaired) electrons. The number of aromatic nitrogens is 3. The first kappa shape index (κ1) is 37.2. The van der Waals surface area contributed by atoms with Crippen molar-refractivity contribution in [3.05, 3.63) is 100 Å². The highest BCUT2D eigenvalue weighted by Crippen LogP contribution is 2.40. The molecule has 0 bridgehead atoms. The largest absolute Gasteiger partial charge is 0.497 e. The second-order valence-electron chi connectivity index (χ2n) is 10.4. The van der Waals surface area contributed by atoms with Gasteiger partial charge in [-0.2, -0.15) is 4.37 Å². The number of methoxy groups -OCH3 is 3. The maximum Gasteiger partial charge on any atom is 0.307 e. The van der Waals surface area contributed by atoms with Gasteiger partial charge in [0.25, 0.3) is 15.9 Å². The van der Waals surface area contributed by atoms with E-state index in [0.29, 0.717) is 33.2 Å². The second kappa shape index (κ2) is 16.3. The molecule has 0 aliphatic rings. The van der Waals surface area contributed by atoms with Gasteiger partial charge in [0, 0.05) is 52.6 Å². The molecule has 0 saturated heterocycles. The van der Waals surface area contributed by atoms with Gasteiger partial charge in [0.1, 0.15) is 45.7 Å². The van der Waals surface area contributed by atoms with Crippen molar-refractivity contribution in [2.24, 2.45) is 0 Å². The van der Waals surface area contributed by atoms with Gasteiger partial charge in [0.2, 0.25) is 5.13 Å². The van der Waals surface area contributed by atoms with Gasteiger partial charge in [0.15, 0.2) is 0 Å².